The molecule has 1 N–H and O–H groups in total. The van der Waals surface area contributed by atoms with E-state index in [1.807, 2.05) is 12.1 Å². The van der Waals surface area contributed by atoms with Gasteiger partial charge in [-0.15, -0.1) is 0 Å². The lowest BCUT2D eigenvalue weighted by Crippen LogP contribution is -2.26. The van der Waals surface area contributed by atoms with Crippen molar-refractivity contribution in [3.8, 4) is 16.9 Å². The summed E-state index contributed by atoms with van der Waals surface area (Å²) in [7, 11) is 3.21. The van der Waals surface area contributed by atoms with Gasteiger partial charge in [-0.2, -0.15) is 0 Å². The number of halogens is 1. The zero-order valence-corrected chi connectivity index (χ0v) is 16.0. The molecule has 0 radical (unpaired) electrons. The van der Waals surface area contributed by atoms with Crippen molar-refractivity contribution in [2.45, 2.75) is 0 Å². The van der Waals surface area contributed by atoms with Gasteiger partial charge in [-0.05, 0) is 36.4 Å². The first-order valence-corrected chi connectivity index (χ1v) is 8.70. The highest BCUT2D eigenvalue weighted by atomic mass is 35.5. The monoisotopic (exact) mass is 396 g/mol. The number of methoxy groups -OCH3 is 1. The molecule has 0 spiro atoms. The number of hydrogen-bond donors (Lipinski definition) is 1. The summed E-state index contributed by atoms with van der Waals surface area (Å²) in [5.41, 5.74) is 2.20. The molecule has 0 aliphatic rings. The van der Waals surface area contributed by atoms with Gasteiger partial charge in [0, 0.05) is 35.0 Å². The predicted octanol–water partition coefficient (Wildman–Crippen LogP) is 4.39. The van der Waals surface area contributed by atoms with Crippen molar-refractivity contribution in [3.05, 3.63) is 77.1 Å². The first-order chi connectivity index (χ1) is 13.4. The molecule has 0 aliphatic carbocycles. The number of pyridine rings is 1. The fourth-order valence-corrected chi connectivity index (χ4v) is 3.00. The van der Waals surface area contributed by atoms with Crippen LogP contribution in [0, 0.1) is 0 Å². The number of hydrogen-bond acceptors (Lipinski definition) is 4. The van der Waals surface area contributed by atoms with Crippen LogP contribution in [0.2, 0.25) is 5.02 Å². The van der Waals surface area contributed by atoms with Crippen molar-refractivity contribution in [1.82, 2.24) is 4.98 Å². The highest BCUT2D eigenvalue weighted by Gasteiger charge is 2.18. The second kappa shape index (κ2) is 8.10. The number of anilines is 1. The van der Waals surface area contributed by atoms with Crippen LogP contribution in [-0.2, 0) is 0 Å². The second-order valence-electron chi connectivity index (χ2n) is 5.97. The number of ether oxygens (including phenoxy) is 1. The Morgan fingerprint density at radius 3 is 2.50 bits per heavy atom. The number of amides is 1. The molecule has 7 heteroatoms. The van der Waals surface area contributed by atoms with Crippen LogP contribution < -0.4 is 9.64 Å². The summed E-state index contributed by atoms with van der Waals surface area (Å²) in [5.74, 6) is -0.765. The molecule has 0 bridgehead atoms. The fourth-order valence-electron chi connectivity index (χ4n) is 2.77. The summed E-state index contributed by atoms with van der Waals surface area (Å²) in [6.07, 6.45) is 1.42. The van der Waals surface area contributed by atoms with Crippen molar-refractivity contribution < 1.29 is 19.4 Å². The molecule has 0 unspecified atom stereocenters. The van der Waals surface area contributed by atoms with Gasteiger partial charge < -0.3 is 14.7 Å². The number of carbonyl (C=O) groups excluding carboxylic acids is 1. The number of aromatic carboxylic acids is 1. The van der Waals surface area contributed by atoms with Gasteiger partial charge in [0.25, 0.3) is 5.91 Å². The molecule has 28 heavy (non-hydrogen) atoms. The Morgan fingerprint density at radius 2 is 1.86 bits per heavy atom. The Labute approximate surface area is 167 Å². The molecular weight excluding hydrogens is 380 g/mol. The highest BCUT2D eigenvalue weighted by molar-refractivity contribution is 6.33. The van der Waals surface area contributed by atoms with E-state index < -0.39 is 5.97 Å². The number of rotatable bonds is 5. The molecule has 6 nitrogen and oxygen atoms in total. The molecule has 1 amide bonds. The van der Waals surface area contributed by atoms with Crippen LogP contribution in [0.4, 0.5) is 5.69 Å². The Kier molecular flexibility index (Phi) is 5.61. The number of nitrogens with zero attached hydrogens (tertiary/aromatic N) is 2. The maximum absolute atomic E-state index is 13.0. The minimum atomic E-state index is -1.11. The quantitative estimate of drug-likeness (QED) is 0.692. The minimum Gasteiger partial charge on any atom is -0.495 e. The van der Waals surface area contributed by atoms with Gasteiger partial charge in [-0.3, -0.25) is 4.79 Å². The van der Waals surface area contributed by atoms with Gasteiger partial charge >= 0.3 is 5.97 Å². The van der Waals surface area contributed by atoms with Crippen molar-refractivity contribution in [2.75, 3.05) is 19.1 Å². The smallest absolute Gasteiger partial charge is 0.354 e. The van der Waals surface area contributed by atoms with Crippen LogP contribution in [0.25, 0.3) is 11.1 Å². The van der Waals surface area contributed by atoms with E-state index in [9.17, 15) is 9.59 Å². The van der Waals surface area contributed by atoms with E-state index in [0.717, 1.165) is 0 Å². The van der Waals surface area contributed by atoms with Crippen LogP contribution in [0.15, 0.2) is 60.8 Å². The maximum Gasteiger partial charge on any atom is 0.354 e. The standard InChI is InChI=1S/C21H17ClN2O4/c1-24(18-5-3-4-6-19(18)28-2)20(25)13-7-9-16(22)15(11-13)14-8-10-17(21(26)27)23-12-14/h3-12H,1-2H3,(H,26,27). The van der Waals surface area contributed by atoms with E-state index in [1.54, 1.807) is 50.6 Å². The van der Waals surface area contributed by atoms with E-state index in [0.29, 0.717) is 33.1 Å². The number of benzene rings is 2. The van der Waals surface area contributed by atoms with Gasteiger partial charge in [0.15, 0.2) is 0 Å². The van der Waals surface area contributed by atoms with Crippen molar-refractivity contribution in [1.29, 1.82) is 0 Å². The average Bonchev–Trinajstić information content (AvgIpc) is 2.73. The Bertz CT molecular complexity index is 1030. The molecule has 3 aromatic rings. The first kappa shape index (κ1) is 19.4. The van der Waals surface area contributed by atoms with Gasteiger partial charge in [-0.1, -0.05) is 29.8 Å². The topological polar surface area (TPSA) is 79.7 Å². The lowest BCUT2D eigenvalue weighted by Gasteiger charge is -2.20. The fraction of sp³-hybridized carbons (Fsp3) is 0.0952. The molecule has 142 valence electrons. The molecule has 0 saturated carbocycles. The molecule has 2 aromatic carbocycles. The summed E-state index contributed by atoms with van der Waals surface area (Å²) < 4.78 is 5.32. The summed E-state index contributed by atoms with van der Waals surface area (Å²) in [6.45, 7) is 0. The number of para-hydroxylation sites is 2. The predicted molar refractivity (Wildman–Crippen MR) is 107 cm³/mol. The van der Waals surface area contributed by atoms with Crippen molar-refractivity contribution in [2.24, 2.45) is 0 Å². The third-order valence-electron chi connectivity index (χ3n) is 4.26. The third kappa shape index (κ3) is 3.82. The lowest BCUT2D eigenvalue weighted by molar-refractivity contribution is 0.0690. The zero-order chi connectivity index (χ0) is 20.3. The maximum atomic E-state index is 13.0. The van der Waals surface area contributed by atoms with Gasteiger partial charge in [0.1, 0.15) is 11.4 Å². The highest BCUT2D eigenvalue weighted by Crippen LogP contribution is 2.31. The van der Waals surface area contributed by atoms with Crippen LogP contribution in [0.5, 0.6) is 5.75 Å². The molecular formula is C21H17ClN2O4. The number of carboxylic acid groups (broad SMARTS) is 1. The van der Waals surface area contributed by atoms with E-state index in [2.05, 4.69) is 4.98 Å². The number of carboxylic acids is 1. The zero-order valence-electron chi connectivity index (χ0n) is 15.2. The molecule has 3 rings (SSSR count). The molecule has 0 saturated heterocycles. The molecule has 0 aliphatic heterocycles. The summed E-state index contributed by atoms with van der Waals surface area (Å²) >= 11 is 6.29. The van der Waals surface area contributed by atoms with E-state index >= 15 is 0 Å². The summed E-state index contributed by atoms with van der Waals surface area (Å²) in [6, 6.07) is 15.2. The second-order valence-corrected chi connectivity index (χ2v) is 6.38. The molecule has 1 aromatic heterocycles. The van der Waals surface area contributed by atoms with E-state index in [1.165, 1.54) is 17.2 Å². The number of aromatic nitrogens is 1. The van der Waals surface area contributed by atoms with Crippen LogP contribution in [0.3, 0.4) is 0 Å². The normalized spacial score (nSPS) is 10.4. The van der Waals surface area contributed by atoms with Gasteiger partial charge in [-0.25, -0.2) is 9.78 Å². The SMILES string of the molecule is COc1ccccc1N(C)C(=O)c1ccc(Cl)c(-c2ccc(C(=O)O)nc2)c1. The lowest BCUT2D eigenvalue weighted by atomic mass is 10.0. The van der Waals surface area contributed by atoms with Gasteiger partial charge in [0.2, 0.25) is 0 Å². The molecule has 0 fully saturated rings. The van der Waals surface area contributed by atoms with Crippen LogP contribution in [0.1, 0.15) is 20.8 Å². The van der Waals surface area contributed by atoms with E-state index in [4.69, 9.17) is 21.4 Å². The molecule has 1 heterocycles. The molecule has 0 atom stereocenters. The first-order valence-electron chi connectivity index (χ1n) is 8.32. The van der Waals surface area contributed by atoms with Crippen molar-refractivity contribution in [3.63, 3.8) is 0 Å². The Hall–Kier alpha value is -3.38. The third-order valence-corrected chi connectivity index (χ3v) is 4.59. The summed E-state index contributed by atoms with van der Waals surface area (Å²) in [5, 5.41) is 9.41. The van der Waals surface area contributed by atoms with Crippen LogP contribution in [-0.4, -0.2) is 36.1 Å². The summed E-state index contributed by atoms with van der Waals surface area (Å²) in [4.78, 5) is 29.4. The largest absolute Gasteiger partial charge is 0.495 e. The average molecular weight is 397 g/mol. The Morgan fingerprint density at radius 1 is 1.11 bits per heavy atom. The number of carbonyl (C=O) groups is 2. The van der Waals surface area contributed by atoms with E-state index in [-0.39, 0.29) is 11.6 Å². The minimum absolute atomic E-state index is 0.0667. The van der Waals surface area contributed by atoms with Crippen molar-refractivity contribution >= 4 is 29.2 Å². The van der Waals surface area contributed by atoms with Gasteiger partial charge in [0.05, 0.1) is 12.8 Å². The van der Waals surface area contributed by atoms with Crippen LogP contribution >= 0.6 is 11.6 Å². The Balaban J connectivity index is 1.96.